The van der Waals surface area contributed by atoms with Crippen molar-refractivity contribution in [1.82, 2.24) is 5.32 Å². The molecule has 0 saturated heterocycles. The molecule has 0 aromatic heterocycles. The Hall–Kier alpha value is -2.79. The van der Waals surface area contributed by atoms with E-state index in [1.54, 1.807) is 7.11 Å². The number of hydrogen-bond donors (Lipinski definition) is 1. The van der Waals surface area contributed by atoms with Crippen LogP contribution >= 0.6 is 0 Å². The van der Waals surface area contributed by atoms with Crippen molar-refractivity contribution in [3.05, 3.63) is 71.3 Å². The summed E-state index contributed by atoms with van der Waals surface area (Å²) in [5, 5.41) is 7.59. The summed E-state index contributed by atoms with van der Waals surface area (Å²) in [5.41, 5.74) is 4.22. The zero-order valence-electron chi connectivity index (χ0n) is 19.3. The van der Waals surface area contributed by atoms with Gasteiger partial charge in [-0.1, -0.05) is 47.6 Å². The number of benzene rings is 2. The van der Waals surface area contributed by atoms with Crippen molar-refractivity contribution in [3.8, 4) is 11.5 Å². The third-order valence-electron chi connectivity index (χ3n) is 4.86. The van der Waals surface area contributed by atoms with E-state index in [1.165, 1.54) is 0 Å². The molecule has 0 radical (unpaired) electrons. The van der Waals surface area contributed by atoms with Gasteiger partial charge in [0, 0.05) is 12.1 Å². The third kappa shape index (κ3) is 8.85. The highest BCUT2D eigenvalue weighted by atomic mass is 16.6. The second-order valence-corrected chi connectivity index (χ2v) is 7.44. The van der Waals surface area contributed by atoms with Crippen molar-refractivity contribution in [2.75, 3.05) is 33.4 Å². The van der Waals surface area contributed by atoms with Crippen LogP contribution in [0.15, 0.2) is 59.8 Å². The van der Waals surface area contributed by atoms with Gasteiger partial charge in [0.1, 0.15) is 30.9 Å². The van der Waals surface area contributed by atoms with Crippen LogP contribution in [0.2, 0.25) is 0 Å². The maximum absolute atomic E-state index is 6.06. The fourth-order valence-corrected chi connectivity index (χ4v) is 3.30. The average Bonchev–Trinajstić information content (AvgIpc) is 2.77. The van der Waals surface area contributed by atoms with E-state index >= 15 is 0 Å². The number of allylic oxidation sites excluding steroid dienone is 1. The quantitative estimate of drug-likeness (QED) is 0.190. The molecule has 2 aromatic rings. The van der Waals surface area contributed by atoms with E-state index in [-0.39, 0.29) is 0 Å². The molecule has 0 amide bonds. The Labute approximate surface area is 187 Å². The summed E-state index contributed by atoms with van der Waals surface area (Å²) in [7, 11) is 1.58. The number of aryl methyl sites for hydroxylation is 2. The van der Waals surface area contributed by atoms with Crippen LogP contribution in [0.1, 0.15) is 42.9 Å². The molecule has 0 atom stereocenters. The molecule has 0 unspecified atom stereocenters. The summed E-state index contributed by atoms with van der Waals surface area (Å²) in [6.07, 6.45) is 7.21. The average molecular weight is 425 g/mol. The SMILES string of the molecule is C/C=C/COc1cc(C)c(OCCCCCNCC(=NOC)c2ccccc2)c(C)c1. The molecule has 2 aromatic carbocycles. The van der Waals surface area contributed by atoms with Gasteiger partial charge in [-0.25, -0.2) is 0 Å². The fourth-order valence-electron chi connectivity index (χ4n) is 3.30. The summed E-state index contributed by atoms with van der Waals surface area (Å²) >= 11 is 0. The lowest BCUT2D eigenvalue weighted by molar-refractivity contribution is 0.213. The van der Waals surface area contributed by atoms with Gasteiger partial charge in [-0.3, -0.25) is 0 Å². The van der Waals surface area contributed by atoms with E-state index in [2.05, 4.69) is 24.3 Å². The number of hydrogen-bond acceptors (Lipinski definition) is 5. The molecule has 5 heteroatoms. The Balaban J connectivity index is 1.65. The van der Waals surface area contributed by atoms with Gasteiger partial charge in [0.25, 0.3) is 0 Å². The van der Waals surface area contributed by atoms with Crippen molar-refractivity contribution in [2.45, 2.75) is 40.0 Å². The zero-order chi connectivity index (χ0) is 22.3. The van der Waals surface area contributed by atoms with Gasteiger partial charge in [0.2, 0.25) is 0 Å². The van der Waals surface area contributed by atoms with Gasteiger partial charge in [-0.05, 0) is 69.8 Å². The molecule has 1 N–H and O–H groups in total. The molecule has 168 valence electrons. The van der Waals surface area contributed by atoms with Crippen molar-refractivity contribution >= 4 is 5.71 Å². The summed E-state index contributed by atoms with van der Waals surface area (Å²) in [6.45, 7) is 9.07. The van der Waals surface area contributed by atoms with Crippen molar-refractivity contribution < 1.29 is 14.3 Å². The predicted octanol–water partition coefficient (Wildman–Crippen LogP) is 5.45. The molecule has 0 fully saturated rings. The first-order valence-electron chi connectivity index (χ1n) is 11.0. The molecule has 5 nitrogen and oxygen atoms in total. The highest BCUT2D eigenvalue weighted by molar-refractivity contribution is 6.01. The van der Waals surface area contributed by atoms with Crippen LogP contribution in [0, 0.1) is 13.8 Å². The lowest BCUT2D eigenvalue weighted by Gasteiger charge is -2.14. The first kappa shape index (κ1) is 24.5. The molecule has 0 heterocycles. The first-order chi connectivity index (χ1) is 15.2. The number of rotatable bonds is 14. The van der Waals surface area contributed by atoms with Gasteiger partial charge in [0.05, 0.1) is 6.61 Å². The van der Waals surface area contributed by atoms with E-state index in [4.69, 9.17) is 14.3 Å². The molecule has 0 bridgehead atoms. The maximum Gasteiger partial charge on any atom is 0.125 e. The molecular formula is C26H36N2O3. The summed E-state index contributed by atoms with van der Waals surface area (Å²) in [4.78, 5) is 4.98. The Morgan fingerprint density at radius 1 is 1.00 bits per heavy atom. The third-order valence-corrected chi connectivity index (χ3v) is 4.86. The Morgan fingerprint density at radius 2 is 1.74 bits per heavy atom. The van der Waals surface area contributed by atoms with Crippen molar-refractivity contribution in [3.63, 3.8) is 0 Å². The molecule has 0 aliphatic carbocycles. The number of oxime groups is 1. The summed E-state index contributed by atoms with van der Waals surface area (Å²) < 4.78 is 11.8. The van der Waals surface area contributed by atoms with Crippen molar-refractivity contribution in [2.24, 2.45) is 5.16 Å². The Morgan fingerprint density at radius 3 is 2.42 bits per heavy atom. The monoisotopic (exact) mass is 424 g/mol. The van der Waals surface area contributed by atoms with Crippen LogP contribution in [0.4, 0.5) is 0 Å². The van der Waals surface area contributed by atoms with Crippen LogP contribution in [-0.4, -0.2) is 39.1 Å². The highest BCUT2D eigenvalue weighted by Crippen LogP contribution is 2.28. The maximum atomic E-state index is 6.06. The minimum Gasteiger partial charge on any atom is -0.493 e. The second-order valence-electron chi connectivity index (χ2n) is 7.44. The predicted molar refractivity (Wildman–Crippen MR) is 128 cm³/mol. The number of unbranched alkanes of at least 4 members (excludes halogenated alkanes) is 2. The van der Waals surface area contributed by atoms with E-state index in [1.807, 2.05) is 61.5 Å². The molecule has 31 heavy (non-hydrogen) atoms. The van der Waals surface area contributed by atoms with Crippen LogP contribution in [0.5, 0.6) is 11.5 Å². The van der Waals surface area contributed by atoms with Gasteiger partial charge < -0.3 is 19.6 Å². The second kappa shape index (κ2) is 14.3. The molecular weight excluding hydrogens is 388 g/mol. The molecule has 0 aliphatic heterocycles. The topological polar surface area (TPSA) is 52.1 Å². The smallest absolute Gasteiger partial charge is 0.125 e. The van der Waals surface area contributed by atoms with E-state index < -0.39 is 0 Å². The molecule has 2 rings (SSSR count). The van der Waals surface area contributed by atoms with E-state index in [0.717, 1.165) is 66.3 Å². The van der Waals surface area contributed by atoms with Crippen LogP contribution in [-0.2, 0) is 4.84 Å². The molecule has 0 saturated carbocycles. The van der Waals surface area contributed by atoms with Gasteiger partial charge in [-0.2, -0.15) is 0 Å². The standard InChI is InChI=1S/C26H36N2O3/c1-5-6-16-30-24-18-21(2)26(22(3)19-24)31-17-12-8-11-15-27-20-25(28-29-4)23-13-9-7-10-14-23/h5-7,9-10,13-14,18-19,27H,8,11-12,15-17,20H2,1-4H3/b6-5+,28-25?. The van der Waals surface area contributed by atoms with Gasteiger partial charge >= 0.3 is 0 Å². The van der Waals surface area contributed by atoms with E-state index in [0.29, 0.717) is 13.2 Å². The minimum absolute atomic E-state index is 0.591. The number of nitrogens with zero attached hydrogens (tertiary/aromatic N) is 1. The lowest BCUT2D eigenvalue weighted by atomic mass is 10.1. The zero-order valence-corrected chi connectivity index (χ0v) is 19.3. The van der Waals surface area contributed by atoms with Gasteiger partial charge in [0.15, 0.2) is 0 Å². The van der Waals surface area contributed by atoms with E-state index in [9.17, 15) is 0 Å². The summed E-state index contributed by atoms with van der Waals surface area (Å²) in [6, 6.07) is 14.2. The number of nitrogens with one attached hydrogen (secondary N) is 1. The van der Waals surface area contributed by atoms with Crippen molar-refractivity contribution in [1.29, 1.82) is 0 Å². The lowest BCUT2D eigenvalue weighted by Crippen LogP contribution is -2.25. The molecule has 0 aliphatic rings. The minimum atomic E-state index is 0.591. The van der Waals surface area contributed by atoms with Crippen LogP contribution in [0.3, 0.4) is 0 Å². The Bertz CT molecular complexity index is 809. The first-order valence-corrected chi connectivity index (χ1v) is 11.0. The van der Waals surface area contributed by atoms with Crippen LogP contribution in [0.25, 0.3) is 0 Å². The normalized spacial score (nSPS) is 11.7. The summed E-state index contributed by atoms with van der Waals surface area (Å²) in [5.74, 6) is 1.86. The highest BCUT2D eigenvalue weighted by Gasteiger charge is 2.07. The Kier molecular flexibility index (Phi) is 11.3. The largest absolute Gasteiger partial charge is 0.493 e. The number of ether oxygens (including phenoxy) is 2. The van der Waals surface area contributed by atoms with Gasteiger partial charge in [-0.15, -0.1) is 0 Å². The van der Waals surface area contributed by atoms with Crippen LogP contribution < -0.4 is 14.8 Å². The fraction of sp³-hybridized carbons (Fsp3) is 0.423. The molecule has 0 spiro atoms.